The minimum atomic E-state index is -0.0251. The van der Waals surface area contributed by atoms with Crippen LogP contribution in [-0.4, -0.2) is 35.5 Å². The molecule has 0 radical (unpaired) electrons. The summed E-state index contributed by atoms with van der Waals surface area (Å²) in [5.74, 6) is 0.705. The third-order valence-corrected chi connectivity index (χ3v) is 5.76. The SMILES string of the molecule is CCNC(=O)C[NH+](CC)Cc1nc2sc3c(c2c(=O)[nH]1)CCCC3. The van der Waals surface area contributed by atoms with E-state index in [0.717, 1.165) is 40.9 Å². The van der Waals surface area contributed by atoms with Gasteiger partial charge < -0.3 is 15.2 Å². The number of nitrogens with one attached hydrogen (secondary N) is 3. The molecule has 0 spiro atoms. The number of rotatable bonds is 6. The summed E-state index contributed by atoms with van der Waals surface area (Å²) in [7, 11) is 0. The van der Waals surface area contributed by atoms with Gasteiger partial charge in [0, 0.05) is 11.4 Å². The first-order valence-electron chi connectivity index (χ1n) is 8.76. The van der Waals surface area contributed by atoms with Gasteiger partial charge in [0.25, 0.3) is 11.5 Å². The van der Waals surface area contributed by atoms with Crippen molar-refractivity contribution in [2.45, 2.75) is 46.1 Å². The molecule has 1 aliphatic carbocycles. The second-order valence-electron chi connectivity index (χ2n) is 6.31. The van der Waals surface area contributed by atoms with E-state index >= 15 is 0 Å². The Balaban J connectivity index is 1.85. The van der Waals surface area contributed by atoms with E-state index in [2.05, 4.69) is 10.3 Å². The zero-order valence-electron chi connectivity index (χ0n) is 14.3. The molecule has 0 saturated carbocycles. The van der Waals surface area contributed by atoms with E-state index in [0.29, 0.717) is 25.5 Å². The highest BCUT2D eigenvalue weighted by molar-refractivity contribution is 7.18. The molecule has 0 saturated heterocycles. The van der Waals surface area contributed by atoms with Crippen LogP contribution < -0.4 is 15.8 Å². The van der Waals surface area contributed by atoms with Crippen LogP contribution in [0.25, 0.3) is 10.2 Å². The zero-order chi connectivity index (χ0) is 17.1. The molecule has 1 aliphatic rings. The monoisotopic (exact) mass is 349 g/mol. The number of aromatic amines is 1. The predicted molar refractivity (Wildman–Crippen MR) is 95.6 cm³/mol. The highest BCUT2D eigenvalue weighted by atomic mass is 32.1. The zero-order valence-corrected chi connectivity index (χ0v) is 15.1. The van der Waals surface area contributed by atoms with Crippen LogP contribution in [0.2, 0.25) is 0 Å². The van der Waals surface area contributed by atoms with Crippen LogP contribution in [0.5, 0.6) is 0 Å². The molecule has 1 amide bonds. The fourth-order valence-corrected chi connectivity index (χ4v) is 4.61. The van der Waals surface area contributed by atoms with E-state index in [4.69, 9.17) is 4.98 Å². The van der Waals surface area contributed by atoms with Crippen molar-refractivity contribution in [3.05, 3.63) is 26.6 Å². The Morgan fingerprint density at radius 3 is 2.88 bits per heavy atom. The average Bonchev–Trinajstić information content (AvgIpc) is 2.93. The van der Waals surface area contributed by atoms with Crippen molar-refractivity contribution in [1.82, 2.24) is 15.3 Å². The standard InChI is InChI=1S/C17H24N4O2S/c1-3-18-14(22)10-21(4-2)9-13-19-16(23)15-11-7-5-6-8-12(11)24-17(15)20-13/h3-10H2,1-2H3,(H,18,22)(H,19,20,23)/p+1. The van der Waals surface area contributed by atoms with Crippen LogP contribution in [0.1, 0.15) is 43.0 Å². The molecule has 2 aromatic heterocycles. The molecule has 3 rings (SSSR count). The van der Waals surface area contributed by atoms with E-state index < -0.39 is 0 Å². The van der Waals surface area contributed by atoms with Gasteiger partial charge in [0.05, 0.1) is 11.9 Å². The van der Waals surface area contributed by atoms with E-state index in [1.165, 1.54) is 16.9 Å². The van der Waals surface area contributed by atoms with Crippen LogP contribution in [0.3, 0.4) is 0 Å². The van der Waals surface area contributed by atoms with Crippen molar-refractivity contribution in [3.63, 3.8) is 0 Å². The van der Waals surface area contributed by atoms with Crippen molar-refractivity contribution >= 4 is 27.5 Å². The maximum Gasteiger partial charge on any atom is 0.275 e. The summed E-state index contributed by atoms with van der Waals surface area (Å²) >= 11 is 1.67. The topological polar surface area (TPSA) is 79.3 Å². The van der Waals surface area contributed by atoms with Gasteiger partial charge in [0.15, 0.2) is 12.4 Å². The van der Waals surface area contributed by atoms with Gasteiger partial charge in [-0.3, -0.25) is 9.59 Å². The molecule has 1 unspecified atom stereocenters. The summed E-state index contributed by atoms with van der Waals surface area (Å²) in [6.07, 6.45) is 4.41. The Bertz CT molecular complexity index is 796. The fourth-order valence-electron chi connectivity index (χ4n) is 3.33. The minimum absolute atomic E-state index is 0.0251. The minimum Gasteiger partial charge on any atom is -0.351 e. The Labute approximate surface area is 145 Å². The lowest BCUT2D eigenvalue weighted by atomic mass is 9.97. The quantitative estimate of drug-likeness (QED) is 0.706. The first-order chi connectivity index (χ1) is 11.6. The summed E-state index contributed by atoms with van der Waals surface area (Å²) in [5, 5.41) is 3.61. The summed E-state index contributed by atoms with van der Waals surface area (Å²) in [6, 6.07) is 0. The molecule has 2 aromatic rings. The highest BCUT2D eigenvalue weighted by Crippen LogP contribution is 2.33. The van der Waals surface area contributed by atoms with Crippen LogP contribution >= 0.6 is 11.3 Å². The van der Waals surface area contributed by atoms with Gasteiger partial charge in [-0.05, 0) is 45.1 Å². The van der Waals surface area contributed by atoms with Gasteiger partial charge in [-0.1, -0.05) is 0 Å². The summed E-state index contributed by atoms with van der Waals surface area (Å²) in [5.41, 5.74) is 1.19. The fraction of sp³-hybridized carbons (Fsp3) is 0.588. The van der Waals surface area contributed by atoms with Crippen molar-refractivity contribution in [2.24, 2.45) is 0 Å². The summed E-state index contributed by atoms with van der Waals surface area (Å²) in [4.78, 5) is 35.2. The number of hydrogen-bond acceptors (Lipinski definition) is 4. The van der Waals surface area contributed by atoms with Gasteiger partial charge >= 0.3 is 0 Å². The number of aryl methyl sites for hydroxylation is 2. The number of nitrogens with zero attached hydrogens (tertiary/aromatic N) is 1. The van der Waals surface area contributed by atoms with Crippen molar-refractivity contribution in [2.75, 3.05) is 19.6 Å². The molecule has 1 atom stereocenters. The van der Waals surface area contributed by atoms with Gasteiger partial charge in [-0.15, -0.1) is 11.3 Å². The number of hydrogen-bond donors (Lipinski definition) is 3. The smallest absolute Gasteiger partial charge is 0.275 e. The van der Waals surface area contributed by atoms with Gasteiger partial charge in [0.2, 0.25) is 0 Å². The van der Waals surface area contributed by atoms with Crippen LogP contribution in [0.15, 0.2) is 4.79 Å². The number of quaternary nitrogens is 1. The van der Waals surface area contributed by atoms with Gasteiger partial charge in [-0.2, -0.15) is 0 Å². The van der Waals surface area contributed by atoms with E-state index in [-0.39, 0.29) is 11.5 Å². The van der Waals surface area contributed by atoms with Crippen LogP contribution in [0.4, 0.5) is 0 Å². The largest absolute Gasteiger partial charge is 0.351 e. The molecule has 24 heavy (non-hydrogen) atoms. The molecule has 7 heteroatoms. The number of likely N-dealkylation sites (N-methyl/N-ethyl adjacent to an activating group) is 2. The van der Waals surface area contributed by atoms with Gasteiger partial charge in [-0.25, -0.2) is 4.98 Å². The van der Waals surface area contributed by atoms with E-state index in [1.54, 1.807) is 11.3 Å². The number of H-pyrrole nitrogens is 1. The lowest BCUT2D eigenvalue weighted by Gasteiger charge is -2.16. The molecular formula is C17H25N4O2S+. The van der Waals surface area contributed by atoms with E-state index in [1.807, 2.05) is 13.8 Å². The summed E-state index contributed by atoms with van der Waals surface area (Å²) in [6.45, 7) is 6.34. The Morgan fingerprint density at radius 2 is 2.12 bits per heavy atom. The maximum absolute atomic E-state index is 12.5. The lowest BCUT2D eigenvalue weighted by molar-refractivity contribution is -0.904. The molecule has 0 aromatic carbocycles. The normalized spacial score (nSPS) is 15.2. The number of carbonyl (C=O) groups excluding carboxylic acids is 1. The molecule has 130 valence electrons. The number of aromatic nitrogens is 2. The van der Waals surface area contributed by atoms with E-state index in [9.17, 15) is 9.59 Å². The maximum atomic E-state index is 12.5. The third kappa shape index (κ3) is 3.52. The van der Waals surface area contributed by atoms with Crippen LogP contribution in [-0.2, 0) is 24.2 Å². The number of carbonyl (C=O) groups is 1. The Kier molecular flexibility index (Phi) is 5.30. The molecule has 0 bridgehead atoms. The predicted octanol–water partition coefficient (Wildman–Crippen LogP) is 0.404. The molecule has 2 heterocycles. The van der Waals surface area contributed by atoms with Crippen molar-refractivity contribution < 1.29 is 9.69 Å². The Hall–Kier alpha value is -1.73. The highest BCUT2D eigenvalue weighted by Gasteiger charge is 2.21. The third-order valence-electron chi connectivity index (χ3n) is 4.58. The molecule has 6 nitrogen and oxygen atoms in total. The molecule has 0 fully saturated rings. The molecule has 3 N–H and O–H groups in total. The number of amides is 1. The molecule has 0 aliphatic heterocycles. The average molecular weight is 349 g/mol. The first kappa shape index (κ1) is 17.1. The van der Waals surface area contributed by atoms with Crippen molar-refractivity contribution in [3.8, 4) is 0 Å². The lowest BCUT2D eigenvalue weighted by Crippen LogP contribution is -3.11. The van der Waals surface area contributed by atoms with Crippen LogP contribution in [0, 0.1) is 0 Å². The first-order valence-corrected chi connectivity index (χ1v) is 9.57. The second-order valence-corrected chi connectivity index (χ2v) is 7.40. The number of fused-ring (bicyclic) bond motifs is 3. The van der Waals surface area contributed by atoms with Gasteiger partial charge in [0.1, 0.15) is 11.4 Å². The summed E-state index contributed by atoms with van der Waals surface area (Å²) < 4.78 is 0. The Morgan fingerprint density at radius 1 is 1.33 bits per heavy atom. The molecular weight excluding hydrogens is 324 g/mol. The second kappa shape index (κ2) is 7.44. The number of thiophene rings is 1. The van der Waals surface area contributed by atoms with Crippen molar-refractivity contribution in [1.29, 1.82) is 0 Å².